The average molecular weight is 403 g/mol. The van der Waals surface area contributed by atoms with E-state index in [0.29, 0.717) is 23.7 Å². The Kier molecular flexibility index (Phi) is 4.69. The van der Waals surface area contributed by atoms with Crippen LogP contribution >= 0.6 is 0 Å². The van der Waals surface area contributed by atoms with Crippen LogP contribution < -0.4 is 10.4 Å². The standard InChI is InChI=1S/C24H25N3O3/c1-30-20-14-8-6-12-18(20)21-22-23(28)27(17-10-3-2-4-11-17)24(29)26(22)15-16-9-5-7-13-19(16)25-21/h5-9,12-14,17,28H,2-4,10-11,15H2,1H3. The highest BCUT2D eigenvalue weighted by Crippen LogP contribution is 2.36. The van der Waals surface area contributed by atoms with Crippen molar-refractivity contribution in [1.29, 1.82) is 0 Å². The normalized spacial score (nSPS) is 16.4. The fourth-order valence-corrected chi connectivity index (χ4v) is 4.73. The highest BCUT2D eigenvalue weighted by Gasteiger charge is 2.32. The van der Waals surface area contributed by atoms with E-state index in [1.807, 2.05) is 48.5 Å². The largest absolute Gasteiger partial charge is 0.496 e. The van der Waals surface area contributed by atoms with Crippen LogP contribution in [0.1, 0.15) is 55.0 Å². The van der Waals surface area contributed by atoms with Crippen molar-refractivity contribution >= 4 is 11.4 Å². The Hall–Kier alpha value is -3.28. The predicted octanol–water partition coefficient (Wildman–Crippen LogP) is 4.40. The van der Waals surface area contributed by atoms with Crippen molar-refractivity contribution in [2.24, 2.45) is 4.99 Å². The van der Waals surface area contributed by atoms with Crippen LogP contribution in [0.25, 0.3) is 0 Å². The number of aliphatic imine (C=N–C) groups is 1. The van der Waals surface area contributed by atoms with Gasteiger partial charge in [0.2, 0.25) is 5.88 Å². The number of methoxy groups -OCH3 is 1. The van der Waals surface area contributed by atoms with Crippen molar-refractivity contribution in [2.75, 3.05) is 7.11 Å². The maximum atomic E-state index is 13.5. The quantitative estimate of drug-likeness (QED) is 0.551. The minimum Gasteiger partial charge on any atom is -0.496 e. The topological polar surface area (TPSA) is 68.8 Å². The molecule has 6 heteroatoms. The minimum absolute atomic E-state index is 0.00404. The molecule has 5 rings (SSSR count). The number of nitrogens with zero attached hydrogens (tertiary/aromatic N) is 3. The highest BCUT2D eigenvalue weighted by molar-refractivity contribution is 6.16. The monoisotopic (exact) mass is 403 g/mol. The summed E-state index contributed by atoms with van der Waals surface area (Å²) >= 11 is 0. The molecule has 0 amide bonds. The number of fused-ring (bicyclic) bond motifs is 2. The van der Waals surface area contributed by atoms with E-state index in [0.717, 1.165) is 42.5 Å². The molecule has 1 fully saturated rings. The Morgan fingerprint density at radius 1 is 1.03 bits per heavy atom. The Morgan fingerprint density at radius 3 is 2.57 bits per heavy atom. The summed E-state index contributed by atoms with van der Waals surface area (Å²) in [7, 11) is 1.62. The van der Waals surface area contributed by atoms with Gasteiger partial charge in [0.25, 0.3) is 0 Å². The Morgan fingerprint density at radius 2 is 1.77 bits per heavy atom. The van der Waals surface area contributed by atoms with E-state index in [1.165, 1.54) is 6.42 Å². The molecule has 30 heavy (non-hydrogen) atoms. The summed E-state index contributed by atoms with van der Waals surface area (Å²) in [5.74, 6) is 0.656. The molecule has 0 unspecified atom stereocenters. The molecule has 0 atom stereocenters. The molecule has 1 aromatic heterocycles. The number of ether oxygens (including phenoxy) is 1. The molecule has 154 valence electrons. The molecule has 3 aromatic rings. The van der Waals surface area contributed by atoms with Crippen LogP contribution in [-0.4, -0.2) is 27.1 Å². The van der Waals surface area contributed by atoms with Crippen molar-refractivity contribution in [3.63, 3.8) is 0 Å². The molecule has 0 radical (unpaired) electrons. The predicted molar refractivity (Wildman–Crippen MR) is 116 cm³/mol. The summed E-state index contributed by atoms with van der Waals surface area (Å²) in [4.78, 5) is 18.4. The van der Waals surface area contributed by atoms with Crippen molar-refractivity contribution in [2.45, 2.75) is 44.7 Å². The summed E-state index contributed by atoms with van der Waals surface area (Å²) in [6, 6.07) is 15.4. The van der Waals surface area contributed by atoms with E-state index in [1.54, 1.807) is 16.2 Å². The van der Waals surface area contributed by atoms with Crippen LogP contribution in [0.4, 0.5) is 5.69 Å². The van der Waals surface area contributed by atoms with Gasteiger partial charge >= 0.3 is 5.69 Å². The lowest BCUT2D eigenvalue weighted by Crippen LogP contribution is -2.29. The second kappa shape index (κ2) is 7.52. The third kappa shape index (κ3) is 2.95. The van der Waals surface area contributed by atoms with Crippen molar-refractivity contribution in [3.8, 4) is 11.6 Å². The summed E-state index contributed by atoms with van der Waals surface area (Å²) in [6.45, 7) is 0.375. The number of hydrogen-bond donors (Lipinski definition) is 1. The fraction of sp³-hybridized carbons (Fsp3) is 0.333. The van der Waals surface area contributed by atoms with E-state index in [-0.39, 0.29) is 17.6 Å². The van der Waals surface area contributed by atoms with Crippen molar-refractivity contribution in [3.05, 3.63) is 75.8 Å². The second-order valence-electron chi connectivity index (χ2n) is 7.99. The first kappa shape index (κ1) is 18.7. The summed E-state index contributed by atoms with van der Waals surface area (Å²) < 4.78 is 8.84. The van der Waals surface area contributed by atoms with Crippen LogP contribution in [-0.2, 0) is 6.54 Å². The van der Waals surface area contributed by atoms with E-state index >= 15 is 0 Å². The average Bonchev–Trinajstić information content (AvgIpc) is 2.93. The fourth-order valence-electron chi connectivity index (χ4n) is 4.73. The van der Waals surface area contributed by atoms with Gasteiger partial charge in [0.1, 0.15) is 17.2 Å². The summed E-state index contributed by atoms with van der Waals surface area (Å²) in [5.41, 5.74) is 3.35. The lowest BCUT2D eigenvalue weighted by atomic mass is 9.95. The number of hydrogen-bond acceptors (Lipinski definition) is 4. The zero-order valence-corrected chi connectivity index (χ0v) is 17.0. The lowest BCUT2D eigenvalue weighted by Gasteiger charge is -2.22. The molecule has 0 spiro atoms. The maximum Gasteiger partial charge on any atom is 0.332 e. The number of benzene rings is 2. The van der Waals surface area contributed by atoms with Gasteiger partial charge in [-0.3, -0.25) is 9.13 Å². The van der Waals surface area contributed by atoms with E-state index in [4.69, 9.17) is 9.73 Å². The SMILES string of the molecule is COc1ccccc1C1=Nc2ccccc2Cn2c1c(O)n(C1CCCCC1)c2=O. The minimum atomic E-state index is -0.172. The lowest BCUT2D eigenvalue weighted by molar-refractivity contribution is 0.306. The van der Waals surface area contributed by atoms with Crippen LogP contribution in [0.5, 0.6) is 11.6 Å². The van der Waals surface area contributed by atoms with Gasteiger partial charge in [-0.2, -0.15) is 0 Å². The van der Waals surface area contributed by atoms with Gasteiger partial charge in [-0.25, -0.2) is 9.79 Å². The Balaban J connectivity index is 1.79. The third-order valence-electron chi connectivity index (χ3n) is 6.23. The highest BCUT2D eigenvalue weighted by atomic mass is 16.5. The molecule has 2 aliphatic rings. The van der Waals surface area contributed by atoms with E-state index in [9.17, 15) is 9.90 Å². The number of imidazole rings is 1. The zero-order valence-electron chi connectivity index (χ0n) is 17.0. The molecule has 1 aliphatic carbocycles. The molecule has 0 saturated heterocycles. The van der Waals surface area contributed by atoms with E-state index in [2.05, 4.69) is 0 Å². The number of aromatic nitrogens is 2. The van der Waals surface area contributed by atoms with Gasteiger partial charge in [-0.1, -0.05) is 49.6 Å². The van der Waals surface area contributed by atoms with Crippen LogP contribution in [0.3, 0.4) is 0 Å². The molecule has 2 heterocycles. The van der Waals surface area contributed by atoms with Crippen molar-refractivity contribution in [1.82, 2.24) is 9.13 Å². The third-order valence-corrected chi connectivity index (χ3v) is 6.23. The first-order chi connectivity index (χ1) is 14.7. The smallest absolute Gasteiger partial charge is 0.332 e. The Labute approximate surface area is 175 Å². The number of para-hydroxylation sites is 2. The molecule has 0 bridgehead atoms. The van der Waals surface area contributed by atoms with Gasteiger partial charge < -0.3 is 9.84 Å². The van der Waals surface area contributed by atoms with Crippen molar-refractivity contribution < 1.29 is 9.84 Å². The van der Waals surface area contributed by atoms with Gasteiger partial charge in [0.15, 0.2) is 0 Å². The van der Waals surface area contributed by atoms with E-state index < -0.39 is 0 Å². The van der Waals surface area contributed by atoms with Crippen LogP contribution in [0.15, 0.2) is 58.3 Å². The van der Waals surface area contributed by atoms with Gasteiger partial charge in [-0.15, -0.1) is 0 Å². The summed E-state index contributed by atoms with van der Waals surface area (Å²) in [5, 5.41) is 11.3. The molecule has 2 aromatic carbocycles. The maximum absolute atomic E-state index is 13.5. The first-order valence-electron chi connectivity index (χ1n) is 10.5. The summed E-state index contributed by atoms with van der Waals surface area (Å²) in [6.07, 6.45) is 5.16. The van der Waals surface area contributed by atoms with Crippen LogP contribution in [0.2, 0.25) is 0 Å². The van der Waals surface area contributed by atoms with Gasteiger partial charge in [0, 0.05) is 11.6 Å². The molecule has 6 nitrogen and oxygen atoms in total. The molecule has 1 saturated carbocycles. The first-order valence-corrected chi connectivity index (χ1v) is 10.5. The number of aromatic hydroxyl groups is 1. The zero-order chi connectivity index (χ0) is 20.7. The van der Waals surface area contributed by atoms with Crippen LogP contribution in [0, 0.1) is 0 Å². The molecule has 1 aliphatic heterocycles. The molecular formula is C24H25N3O3. The second-order valence-corrected chi connectivity index (χ2v) is 7.99. The molecular weight excluding hydrogens is 378 g/mol. The molecule has 1 N–H and O–H groups in total. The number of rotatable bonds is 3. The van der Waals surface area contributed by atoms with Gasteiger partial charge in [0.05, 0.1) is 19.3 Å². The van der Waals surface area contributed by atoms with Gasteiger partial charge in [-0.05, 0) is 36.6 Å². The Bertz CT molecular complexity index is 1180.